The van der Waals surface area contributed by atoms with Crippen LogP contribution in [0.1, 0.15) is 59.7 Å². The molecule has 1 unspecified atom stereocenters. The van der Waals surface area contributed by atoms with Crippen LogP contribution in [0.3, 0.4) is 0 Å². The average Bonchev–Trinajstić information content (AvgIpc) is 1.95. The van der Waals surface area contributed by atoms with Gasteiger partial charge in [0.1, 0.15) is 18.2 Å². The van der Waals surface area contributed by atoms with E-state index in [1.54, 1.807) is 28.8 Å². The lowest BCUT2D eigenvalue weighted by atomic mass is 9.92. The molecule has 0 aliphatic carbocycles. The molecule has 2 aromatic heterocycles. The van der Waals surface area contributed by atoms with Gasteiger partial charge >= 0.3 is 6.01 Å². The highest BCUT2D eigenvalue weighted by Crippen LogP contribution is 2.41. The Morgan fingerprint density at radius 1 is 0.632 bits per heavy atom. The predicted octanol–water partition coefficient (Wildman–Crippen LogP) is 6.40. The fraction of sp³-hybridized carbons (Fsp3) is 0.448. The number of likely N-dealkylation sites (N-methyl/N-ethyl adjacent to an activating group) is 2. The smallest absolute Gasteiger partial charge is 0.318 e. The Morgan fingerprint density at radius 3 is 1.85 bits per heavy atom. The zero-order valence-corrected chi connectivity index (χ0v) is 50.6. The molecule has 450 valence electrons. The second-order valence-corrected chi connectivity index (χ2v) is 24.5. The number of aromatic nitrogens is 4. The lowest BCUT2D eigenvalue weighted by molar-refractivity contribution is -0.130. The molecule has 4 aromatic carbocycles. The van der Waals surface area contributed by atoms with Crippen molar-refractivity contribution in [3.05, 3.63) is 132 Å². The van der Waals surface area contributed by atoms with Crippen molar-refractivity contribution in [1.82, 2.24) is 44.4 Å². The van der Waals surface area contributed by atoms with Crippen molar-refractivity contribution in [1.29, 1.82) is 10.5 Å². The van der Waals surface area contributed by atoms with Crippen molar-refractivity contribution in [3.63, 3.8) is 0 Å². The Bertz CT molecular complexity index is 3700. The van der Waals surface area contributed by atoms with Crippen molar-refractivity contribution >= 4 is 68.2 Å². The van der Waals surface area contributed by atoms with Gasteiger partial charge in [0.25, 0.3) is 0 Å². The van der Waals surface area contributed by atoms with Gasteiger partial charge in [-0.2, -0.15) is 25.5 Å². The zero-order valence-electron chi connectivity index (χ0n) is 50.6. The lowest BCUT2D eigenvalue weighted by Gasteiger charge is -2.42. The van der Waals surface area contributed by atoms with Gasteiger partial charge in [-0.3, -0.25) is 19.3 Å². The molecule has 12 rings (SSSR count). The first kappa shape index (κ1) is 58.5. The Morgan fingerprint density at radius 2 is 1.23 bits per heavy atom. The minimum absolute atomic E-state index is 0.00767. The number of piperazine rings is 2. The molecule has 20 heteroatoms. The standard InChI is InChI=1S/C67H78N16O4/c1-7-61(84)82-32-30-78(39-50(82)20-25-68)64-55-24-29-77(41-57(55)70-66(72-64)80-27-22-49(38-80)74(3)4)60-36-47(34-46-15-10-12-18-54(46)60)48-35-52(81(37-48)43-63(86)75(5)6)44-87-67-71-58-42-76(59-19-13-16-45-14-9-11-17-53(45)59)28-23-56(58)65(73-67)79-31-33-83(62(85)8-2)51(40-79)21-26-69/h7-19,34,36,48-52H,1-2,20-24,27-33,35,37-44H2,3-6H3/t48?,49-,50-,51-,52-/m0/s1. The number of rotatable bonds is 16. The quantitative estimate of drug-likeness (QED) is 0.0967. The minimum Gasteiger partial charge on any atom is -0.462 e. The van der Waals surface area contributed by atoms with Crippen LogP contribution in [0, 0.1) is 22.7 Å². The molecule has 3 amide bonds. The van der Waals surface area contributed by atoms with Gasteiger partial charge in [-0.25, -0.2) is 4.98 Å². The lowest BCUT2D eigenvalue weighted by Crippen LogP contribution is -2.55. The summed E-state index contributed by atoms with van der Waals surface area (Å²) in [4.78, 5) is 82.4. The van der Waals surface area contributed by atoms with Crippen LogP contribution < -0.4 is 29.2 Å². The summed E-state index contributed by atoms with van der Waals surface area (Å²) in [6.07, 6.45) is 6.19. The van der Waals surface area contributed by atoms with Gasteiger partial charge in [-0.05, 0) is 86.3 Å². The molecule has 4 saturated heterocycles. The van der Waals surface area contributed by atoms with Gasteiger partial charge in [0.2, 0.25) is 23.7 Å². The number of carbonyl (C=O) groups excluding carboxylic acids is 3. The monoisotopic (exact) mass is 1170 g/mol. The second-order valence-electron chi connectivity index (χ2n) is 24.5. The highest BCUT2D eigenvalue weighted by Gasteiger charge is 2.39. The van der Waals surface area contributed by atoms with Gasteiger partial charge in [0.05, 0.1) is 68.1 Å². The number of ether oxygens (including phenoxy) is 1. The summed E-state index contributed by atoms with van der Waals surface area (Å²) < 4.78 is 6.86. The SMILES string of the molecule is C=CC(=O)N1CCN(c2nc(OC[C@@H]3CC(c4cc(N5CCc6c(nc(N7CC[C@H](N(C)C)C7)nc6N6CCN(C(=O)C=C)[C@@H](CC#N)C6)C5)c5ccccc5c4)CN3CC(=O)N(C)C)nc3c2CCN(c2cccc4ccccc24)C3)C[C@@H]1CC#N. The summed E-state index contributed by atoms with van der Waals surface area (Å²) in [5.74, 6) is 2.10. The predicted molar refractivity (Wildman–Crippen MR) is 339 cm³/mol. The fourth-order valence-corrected chi connectivity index (χ4v) is 14.1. The second kappa shape index (κ2) is 25.2. The van der Waals surface area contributed by atoms with Crippen LogP contribution in [-0.4, -0.2) is 200 Å². The van der Waals surface area contributed by atoms with E-state index in [4.69, 9.17) is 24.7 Å². The molecule has 0 spiro atoms. The summed E-state index contributed by atoms with van der Waals surface area (Å²) in [6.45, 7) is 15.8. The van der Waals surface area contributed by atoms with Crippen LogP contribution in [0.4, 0.5) is 29.0 Å². The van der Waals surface area contributed by atoms with Crippen molar-refractivity contribution in [2.75, 3.05) is 138 Å². The molecule has 8 heterocycles. The van der Waals surface area contributed by atoms with Crippen molar-refractivity contribution in [2.45, 2.75) is 81.7 Å². The maximum atomic E-state index is 13.7. The van der Waals surface area contributed by atoms with E-state index in [0.29, 0.717) is 83.7 Å². The first-order valence-corrected chi connectivity index (χ1v) is 30.7. The number of amides is 3. The molecule has 0 N–H and O–H groups in total. The van der Waals surface area contributed by atoms with Crippen LogP contribution in [0.5, 0.6) is 6.01 Å². The van der Waals surface area contributed by atoms with Crippen LogP contribution in [-0.2, 0) is 40.3 Å². The van der Waals surface area contributed by atoms with Gasteiger partial charge < -0.3 is 48.8 Å². The van der Waals surface area contributed by atoms with Crippen molar-refractivity contribution < 1.29 is 19.1 Å². The molecule has 6 aliphatic heterocycles. The van der Waals surface area contributed by atoms with Crippen LogP contribution in [0.25, 0.3) is 21.5 Å². The summed E-state index contributed by atoms with van der Waals surface area (Å²) in [6, 6.07) is 32.6. The van der Waals surface area contributed by atoms with Crippen LogP contribution >= 0.6 is 0 Å². The Hall–Kier alpha value is -8.85. The maximum Gasteiger partial charge on any atom is 0.318 e. The Kier molecular flexibility index (Phi) is 17.0. The van der Waals surface area contributed by atoms with Crippen LogP contribution in [0.15, 0.2) is 104 Å². The van der Waals surface area contributed by atoms with E-state index in [1.807, 2.05) is 0 Å². The summed E-state index contributed by atoms with van der Waals surface area (Å²) in [5, 5.41) is 24.5. The normalized spacial score (nSPS) is 21.4. The third-order valence-corrected chi connectivity index (χ3v) is 18.9. The van der Waals surface area contributed by atoms with E-state index >= 15 is 0 Å². The maximum absolute atomic E-state index is 13.7. The molecular weight excluding hydrogens is 1090 g/mol. The number of benzene rings is 4. The average molecular weight is 1170 g/mol. The largest absolute Gasteiger partial charge is 0.462 e. The van der Waals surface area contributed by atoms with Gasteiger partial charge in [-0.1, -0.05) is 79.9 Å². The molecular formula is C67H78N16O4. The Labute approximate surface area is 510 Å². The molecule has 6 aliphatic rings. The van der Waals surface area contributed by atoms with E-state index in [0.717, 1.165) is 95.3 Å². The Balaban J connectivity index is 0.848. The van der Waals surface area contributed by atoms with E-state index < -0.39 is 0 Å². The number of carbonyl (C=O) groups is 3. The molecule has 6 aromatic rings. The molecule has 0 bridgehead atoms. The zero-order chi connectivity index (χ0) is 60.5. The molecule has 87 heavy (non-hydrogen) atoms. The highest BCUT2D eigenvalue weighted by molar-refractivity contribution is 5.96. The van der Waals surface area contributed by atoms with E-state index in [-0.39, 0.29) is 73.8 Å². The fourth-order valence-electron chi connectivity index (χ4n) is 14.1. The number of likely N-dealkylation sites (tertiary alicyclic amines) is 1. The first-order valence-electron chi connectivity index (χ1n) is 30.7. The third-order valence-electron chi connectivity index (χ3n) is 18.9. The van der Waals surface area contributed by atoms with E-state index in [9.17, 15) is 24.9 Å². The van der Waals surface area contributed by atoms with Crippen molar-refractivity contribution in [3.8, 4) is 18.1 Å². The number of nitrogens with zero attached hydrogens (tertiary/aromatic N) is 16. The summed E-state index contributed by atoms with van der Waals surface area (Å²) in [7, 11) is 7.85. The topological polar surface area (TPSA) is 192 Å². The number of hydrogen-bond donors (Lipinski definition) is 0. The molecule has 0 radical (unpaired) electrons. The number of anilines is 5. The highest BCUT2D eigenvalue weighted by atomic mass is 16.5. The molecule has 5 atom stereocenters. The number of fused-ring (bicyclic) bond motifs is 4. The van der Waals surface area contributed by atoms with Gasteiger partial charge in [0, 0.05) is 131 Å². The van der Waals surface area contributed by atoms with Crippen LogP contribution in [0.2, 0.25) is 0 Å². The van der Waals surface area contributed by atoms with Gasteiger partial charge in [-0.15, -0.1) is 0 Å². The number of nitriles is 2. The molecule has 0 saturated carbocycles. The third kappa shape index (κ3) is 11.9. The van der Waals surface area contributed by atoms with Crippen molar-refractivity contribution in [2.24, 2.45) is 0 Å². The summed E-state index contributed by atoms with van der Waals surface area (Å²) >= 11 is 0. The van der Waals surface area contributed by atoms with E-state index in [1.165, 1.54) is 28.5 Å². The van der Waals surface area contributed by atoms with E-state index in [2.05, 4.69) is 153 Å². The molecule has 4 fully saturated rings. The van der Waals surface area contributed by atoms with Gasteiger partial charge in [0.15, 0.2) is 0 Å². The minimum atomic E-state index is -0.343. The number of hydrogen-bond acceptors (Lipinski definition) is 17. The first-order chi connectivity index (χ1) is 42.3. The molecule has 20 nitrogen and oxygen atoms in total. The summed E-state index contributed by atoms with van der Waals surface area (Å²) in [5.41, 5.74) is 7.47.